The number of carbonyl (C=O) groups is 1. The summed E-state index contributed by atoms with van der Waals surface area (Å²) >= 11 is 0. The lowest BCUT2D eigenvalue weighted by molar-refractivity contribution is -0.120. The van der Waals surface area contributed by atoms with E-state index in [-0.39, 0.29) is 11.7 Å². The van der Waals surface area contributed by atoms with Crippen molar-refractivity contribution in [2.45, 2.75) is 44.8 Å². The molecule has 0 unspecified atom stereocenters. The van der Waals surface area contributed by atoms with Crippen molar-refractivity contribution >= 4 is 6.09 Å². The van der Waals surface area contributed by atoms with Crippen molar-refractivity contribution in [3.8, 4) is 0 Å². The van der Waals surface area contributed by atoms with Crippen LogP contribution >= 0.6 is 0 Å². The Hall–Kier alpha value is -1.88. The molecular formula is C16H20FNO3. The first-order valence-electron chi connectivity index (χ1n) is 6.92. The zero-order valence-corrected chi connectivity index (χ0v) is 12.4. The molecule has 0 heterocycles. The van der Waals surface area contributed by atoms with Crippen LogP contribution in [0.4, 0.5) is 9.18 Å². The third kappa shape index (κ3) is 3.61. The van der Waals surface area contributed by atoms with E-state index in [1.807, 2.05) is 6.08 Å². The van der Waals surface area contributed by atoms with Gasteiger partial charge in [-0.1, -0.05) is 30.4 Å². The lowest BCUT2D eigenvalue weighted by Crippen LogP contribution is -2.42. The van der Waals surface area contributed by atoms with Crippen molar-refractivity contribution in [3.05, 3.63) is 47.8 Å². The van der Waals surface area contributed by atoms with Gasteiger partial charge >= 0.3 is 6.09 Å². The Balaban J connectivity index is 2.16. The average molecular weight is 293 g/mol. The first-order chi connectivity index (χ1) is 9.79. The minimum Gasteiger partial charge on any atom is -0.442 e. The van der Waals surface area contributed by atoms with E-state index in [0.29, 0.717) is 17.0 Å². The Morgan fingerprint density at radius 1 is 1.38 bits per heavy atom. The molecule has 0 aliphatic heterocycles. The van der Waals surface area contributed by atoms with E-state index >= 15 is 0 Å². The monoisotopic (exact) mass is 293 g/mol. The van der Waals surface area contributed by atoms with Crippen LogP contribution < -0.4 is 0 Å². The van der Waals surface area contributed by atoms with E-state index in [2.05, 4.69) is 0 Å². The van der Waals surface area contributed by atoms with Gasteiger partial charge in [0.05, 0.1) is 6.04 Å². The maximum Gasteiger partial charge on any atom is 0.434 e. The van der Waals surface area contributed by atoms with Crippen molar-refractivity contribution in [1.82, 2.24) is 5.06 Å². The Morgan fingerprint density at radius 2 is 2.05 bits per heavy atom. The highest BCUT2D eigenvalue weighted by Gasteiger charge is 2.35. The molecule has 1 aromatic rings. The van der Waals surface area contributed by atoms with E-state index in [4.69, 9.17) is 4.74 Å². The number of amides is 1. The molecule has 1 aliphatic rings. The summed E-state index contributed by atoms with van der Waals surface area (Å²) in [6.07, 6.45) is 3.26. The van der Waals surface area contributed by atoms with Gasteiger partial charge < -0.3 is 4.74 Å². The number of nitrogens with zero attached hydrogens (tertiary/aromatic N) is 1. The topological polar surface area (TPSA) is 49.8 Å². The maximum atomic E-state index is 13.9. The van der Waals surface area contributed by atoms with Crippen LogP contribution in [-0.2, 0) is 4.74 Å². The standard InChI is InChI=1S/C16H20FNO3/c1-16(2,3)21-15(19)18(20)14-10-6-8-12(14)11-7-4-5-9-13(11)17/h4-9,12,14,20H,10H2,1-3H3/t12-,14+/m1/s1. The number of benzene rings is 1. The predicted octanol–water partition coefficient (Wildman–Crippen LogP) is 3.86. The number of hydrogen-bond acceptors (Lipinski definition) is 3. The molecule has 0 spiro atoms. The maximum absolute atomic E-state index is 13.9. The molecule has 2 rings (SSSR count). The number of hydroxylamine groups is 2. The first-order valence-corrected chi connectivity index (χ1v) is 6.92. The van der Waals surface area contributed by atoms with Crippen LogP contribution in [0.25, 0.3) is 0 Å². The van der Waals surface area contributed by atoms with Gasteiger partial charge in [0.2, 0.25) is 0 Å². The quantitative estimate of drug-likeness (QED) is 0.511. The highest BCUT2D eigenvalue weighted by molar-refractivity contribution is 5.67. The van der Waals surface area contributed by atoms with Gasteiger partial charge in [-0.25, -0.2) is 9.18 Å². The largest absolute Gasteiger partial charge is 0.442 e. The average Bonchev–Trinajstić information content (AvgIpc) is 2.85. The molecule has 1 aliphatic carbocycles. The molecule has 2 atom stereocenters. The summed E-state index contributed by atoms with van der Waals surface area (Å²) < 4.78 is 19.0. The fraction of sp³-hybridized carbons (Fsp3) is 0.438. The van der Waals surface area contributed by atoms with Crippen molar-refractivity contribution in [2.24, 2.45) is 0 Å². The van der Waals surface area contributed by atoms with Crippen LogP contribution in [0.15, 0.2) is 36.4 Å². The Kier molecular flexibility index (Phi) is 4.32. The third-order valence-corrected chi connectivity index (χ3v) is 3.29. The molecule has 1 N–H and O–H groups in total. The summed E-state index contributed by atoms with van der Waals surface area (Å²) in [5, 5.41) is 10.7. The number of hydrogen-bond donors (Lipinski definition) is 1. The second kappa shape index (κ2) is 5.85. The van der Waals surface area contributed by atoms with Crippen molar-refractivity contribution < 1.29 is 19.1 Å². The predicted molar refractivity (Wildman–Crippen MR) is 76.5 cm³/mol. The van der Waals surface area contributed by atoms with Gasteiger partial charge in [-0.05, 0) is 38.8 Å². The van der Waals surface area contributed by atoms with E-state index in [9.17, 15) is 14.4 Å². The van der Waals surface area contributed by atoms with Crippen molar-refractivity contribution in [1.29, 1.82) is 0 Å². The molecule has 0 fully saturated rings. The highest BCUT2D eigenvalue weighted by atomic mass is 19.1. The normalized spacial score (nSPS) is 21.4. The number of halogens is 1. The van der Waals surface area contributed by atoms with Gasteiger partial charge in [-0.15, -0.1) is 0 Å². The van der Waals surface area contributed by atoms with E-state index in [0.717, 1.165) is 0 Å². The zero-order chi connectivity index (χ0) is 15.6. The molecule has 0 radical (unpaired) electrons. The molecular weight excluding hydrogens is 273 g/mol. The molecule has 1 amide bonds. The van der Waals surface area contributed by atoms with Crippen LogP contribution in [0.2, 0.25) is 0 Å². The number of carbonyl (C=O) groups excluding carboxylic acids is 1. The SMILES string of the molecule is CC(C)(C)OC(=O)N(O)[C@H]1CC=C[C@@H]1c1ccccc1F. The van der Waals surface area contributed by atoms with Crippen molar-refractivity contribution in [3.63, 3.8) is 0 Å². The van der Waals surface area contributed by atoms with Gasteiger partial charge in [-0.3, -0.25) is 5.21 Å². The second-order valence-corrected chi connectivity index (χ2v) is 6.10. The van der Waals surface area contributed by atoms with E-state index < -0.39 is 17.7 Å². The summed E-state index contributed by atoms with van der Waals surface area (Å²) in [4.78, 5) is 11.9. The molecule has 0 saturated heterocycles. The van der Waals surface area contributed by atoms with E-state index in [1.54, 1.807) is 45.0 Å². The molecule has 5 heteroatoms. The first kappa shape index (κ1) is 15.5. The number of ether oxygens (including phenoxy) is 1. The summed E-state index contributed by atoms with van der Waals surface area (Å²) in [6, 6.07) is 5.81. The molecule has 114 valence electrons. The Labute approximate surface area is 123 Å². The molecule has 0 bridgehead atoms. The van der Waals surface area contributed by atoms with Gasteiger partial charge in [0.15, 0.2) is 0 Å². The smallest absolute Gasteiger partial charge is 0.434 e. The Morgan fingerprint density at radius 3 is 2.67 bits per heavy atom. The zero-order valence-electron chi connectivity index (χ0n) is 12.4. The minimum absolute atomic E-state index is 0.350. The summed E-state index contributed by atoms with van der Waals surface area (Å²) in [5.41, 5.74) is -0.240. The number of rotatable bonds is 2. The fourth-order valence-corrected chi connectivity index (χ4v) is 2.39. The van der Waals surface area contributed by atoms with Crippen LogP contribution in [0.5, 0.6) is 0 Å². The van der Waals surface area contributed by atoms with Crippen LogP contribution in [0.1, 0.15) is 38.7 Å². The second-order valence-electron chi connectivity index (χ2n) is 6.10. The Bertz CT molecular complexity index is 551. The van der Waals surface area contributed by atoms with Gasteiger partial charge in [0, 0.05) is 5.92 Å². The molecule has 1 aromatic carbocycles. The lowest BCUT2D eigenvalue weighted by atomic mass is 9.94. The minimum atomic E-state index is -0.822. The highest BCUT2D eigenvalue weighted by Crippen LogP contribution is 2.33. The summed E-state index contributed by atoms with van der Waals surface area (Å²) in [7, 11) is 0. The van der Waals surface area contributed by atoms with E-state index in [1.165, 1.54) is 6.07 Å². The molecule has 4 nitrogen and oxygen atoms in total. The summed E-state index contributed by atoms with van der Waals surface area (Å²) in [6.45, 7) is 5.17. The third-order valence-electron chi connectivity index (χ3n) is 3.29. The van der Waals surface area contributed by atoms with Gasteiger partial charge in [0.1, 0.15) is 11.4 Å². The molecule has 21 heavy (non-hydrogen) atoms. The van der Waals surface area contributed by atoms with Crippen LogP contribution in [0, 0.1) is 5.82 Å². The van der Waals surface area contributed by atoms with Crippen LogP contribution in [0.3, 0.4) is 0 Å². The molecule has 0 saturated carbocycles. The molecule has 0 aromatic heterocycles. The summed E-state index contributed by atoms with van der Waals surface area (Å²) in [5.74, 6) is -0.736. The lowest BCUT2D eigenvalue weighted by Gasteiger charge is -2.30. The van der Waals surface area contributed by atoms with Gasteiger partial charge in [0.25, 0.3) is 0 Å². The van der Waals surface area contributed by atoms with Crippen molar-refractivity contribution in [2.75, 3.05) is 0 Å². The van der Waals surface area contributed by atoms with Gasteiger partial charge in [-0.2, -0.15) is 5.06 Å². The fourth-order valence-electron chi connectivity index (χ4n) is 2.39. The van der Waals surface area contributed by atoms with Crippen LogP contribution in [-0.4, -0.2) is 28.0 Å².